The second kappa shape index (κ2) is 9.46. The molecule has 0 N–H and O–H groups in total. The predicted octanol–water partition coefficient (Wildman–Crippen LogP) is 2.81. The lowest BCUT2D eigenvalue weighted by molar-refractivity contribution is -0.385. The van der Waals surface area contributed by atoms with Crippen molar-refractivity contribution >= 4 is 35.2 Å². The predicted molar refractivity (Wildman–Crippen MR) is 109 cm³/mol. The maximum atomic E-state index is 13.0. The average molecular weight is 436 g/mol. The molecule has 0 spiro atoms. The summed E-state index contributed by atoms with van der Waals surface area (Å²) in [5.41, 5.74) is -0.431. The van der Waals surface area contributed by atoms with Gasteiger partial charge >= 0.3 is 11.7 Å². The third-order valence-corrected chi connectivity index (χ3v) is 6.27. The first-order chi connectivity index (χ1) is 14.4. The van der Waals surface area contributed by atoms with Crippen LogP contribution >= 0.6 is 11.8 Å². The zero-order valence-corrected chi connectivity index (χ0v) is 17.7. The van der Waals surface area contributed by atoms with Gasteiger partial charge in [-0.25, -0.2) is 4.79 Å². The normalized spacial score (nSPS) is 21.9. The quantitative estimate of drug-likeness (QED) is 0.201. The highest BCUT2D eigenvalue weighted by atomic mass is 32.2. The molecule has 1 saturated carbocycles. The lowest BCUT2D eigenvalue weighted by Crippen LogP contribution is -2.47. The molecule has 2 fully saturated rings. The summed E-state index contributed by atoms with van der Waals surface area (Å²) in [7, 11) is 1.37. The van der Waals surface area contributed by atoms with Crippen molar-refractivity contribution in [2.75, 3.05) is 19.1 Å². The molecule has 1 heterocycles. The number of ether oxygens (including phenoxy) is 2. The second-order valence-corrected chi connectivity index (χ2v) is 8.34. The first kappa shape index (κ1) is 22.1. The van der Waals surface area contributed by atoms with Crippen LogP contribution in [-0.4, -0.2) is 52.8 Å². The van der Waals surface area contributed by atoms with Crippen molar-refractivity contribution in [3.05, 3.63) is 28.3 Å². The molecule has 1 aliphatic carbocycles. The molecule has 30 heavy (non-hydrogen) atoms. The molecule has 2 amide bonds. The molecule has 3 rings (SSSR count). The van der Waals surface area contributed by atoms with Crippen LogP contribution in [0.1, 0.15) is 32.1 Å². The number of rotatable bonds is 8. The van der Waals surface area contributed by atoms with E-state index in [0.29, 0.717) is 18.6 Å². The standard InChI is InChI=1S/C20H24N2O7S/c1-28-12-7-8-17(16(11-12)22(26)27)29-20(25)15(9-10-30-2)21-18(23)13-5-3-4-6-14(13)19(21)24/h7-8,11,13-15H,3-6,9-10H2,1-2H3. The van der Waals surface area contributed by atoms with Crippen LogP contribution in [0.2, 0.25) is 0 Å². The molecule has 162 valence electrons. The van der Waals surface area contributed by atoms with E-state index in [2.05, 4.69) is 0 Å². The third kappa shape index (κ3) is 4.28. The zero-order valence-electron chi connectivity index (χ0n) is 16.9. The highest BCUT2D eigenvalue weighted by Gasteiger charge is 2.52. The zero-order chi connectivity index (χ0) is 21.8. The molecule has 0 radical (unpaired) electrons. The Bertz CT molecular complexity index is 836. The third-order valence-electron chi connectivity index (χ3n) is 5.63. The van der Waals surface area contributed by atoms with Crippen molar-refractivity contribution in [3.8, 4) is 11.5 Å². The monoisotopic (exact) mass is 436 g/mol. The molecule has 0 aromatic heterocycles. The summed E-state index contributed by atoms with van der Waals surface area (Å²) < 4.78 is 10.3. The minimum Gasteiger partial charge on any atom is -0.496 e. The smallest absolute Gasteiger partial charge is 0.335 e. The summed E-state index contributed by atoms with van der Waals surface area (Å²) in [4.78, 5) is 50.6. The number of hydrogen-bond donors (Lipinski definition) is 0. The largest absolute Gasteiger partial charge is 0.496 e. The number of carbonyl (C=O) groups excluding carboxylic acids is 3. The molecule has 2 aliphatic rings. The molecule has 3 unspecified atom stereocenters. The number of amides is 2. The lowest BCUT2D eigenvalue weighted by Gasteiger charge is -2.25. The van der Waals surface area contributed by atoms with Gasteiger partial charge in [-0.1, -0.05) is 12.8 Å². The lowest BCUT2D eigenvalue weighted by atomic mass is 9.81. The number of esters is 1. The van der Waals surface area contributed by atoms with E-state index in [1.807, 2.05) is 6.26 Å². The maximum Gasteiger partial charge on any atom is 0.335 e. The van der Waals surface area contributed by atoms with E-state index in [-0.39, 0.29) is 41.6 Å². The molecule has 1 aromatic rings. The van der Waals surface area contributed by atoms with E-state index in [4.69, 9.17) is 9.47 Å². The van der Waals surface area contributed by atoms with Crippen LogP contribution in [0.15, 0.2) is 18.2 Å². The fourth-order valence-corrected chi connectivity index (χ4v) is 4.57. The van der Waals surface area contributed by atoms with Crippen LogP contribution in [0, 0.1) is 22.0 Å². The Morgan fingerprint density at radius 3 is 2.43 bits per heavy atom. The van der Waals surface area contributed by atoms with Crippen LogP contribution in [0.3, 0.4) is 0 Å². The van der Waals surface area contributed by atoms with Crippen LogP contribution < -0.4 is 9.47 Å². The van der Waals surface area contributed by atoms with E-state index in [1.165, 1.54) is 31.0 Å². The summed E-state index contributed by atoms with van der Waals surface area (Å²) in [5.74, 6) is -1.77. The Labute approximate surface area is 178 Å². The number of likely N-dealkylation sites (tertiary alicyclic amines) is 1. The molecule has 1 aromatic carbocycles. The number of nitro groups is 1. The number of benzene rings is 1. The molecule has 9 nitrogen and oxygen atoms in total. The maximum absolute atomic E-state index is 13.0. The summed E-state index contributed by atoms with van der Waals surface area (Å²) in [6, 6.07) is 2.76. The number of imide groups is 1. The van der Waals surface area contributed by atoms with E-state index in [1.54, 1.807) is 0 Å². The van der Waals surface area contributed by atoms with E-state index >= 15 is 0 Å². The van der Waals surface area contributed by atoms with E-state index in [0.717, 1.165) is 23.8 Å². The first-order valence-corrected chi connectivity index (χ1v) is 11.2. The molecule has 1 aliphatic heterocycles. The van der Waals surface area contributed by atoms with Gasteiger partial charge in [0.2, 0.25) is 17.6 Å². The molecular formula is C20H24N2O7S. The van der Waals surface area contributed by atoms with Gasteiger partial charge < -0.3 is 9.47 Å². The number of nitro benzene ring substituents is 1. The van der Waals surface area contributed by atoms with Crippen molar-refractivity contribution in [1.82, 2.24) is 4.90 Å². The number of methoxy groups -OCH3 is 1. The SMILES string of the molecule is COc1ccc(OC(=O)C(CCSC)N2C(=O)C3CCCCC3C2=O)c([N+](=O)[O-])c1. The van der Waals surface area contributed by atoms with Gasteiger partial charge in [0.25, 0.3) is 0 Å². The highest BCUT2D eigenvalue weighted by molar-refractivity contribution is 7.98. The number of carbonyl (C=O) groups is 3. The Morgan fingerprint density at radius 2 is 1.90 bits per heavy atom. The van der Waals surface area contributed by atoms with Crippen molar-refractivity contribution in [2.45, 2.75) is 38.1 Å². The fraction of sp³-hybridized carbons (Fsp3) is 0.550. The van der Waals surface area contributed by atoms with Gasteiger partial charge in [-0.05, 0) is 43.4 Å². The second-order valence-electron chi connectivity index (χ2n) is 7.35. The van der Waals surface area contributed by atoms with Gasteiger partial charge in [0.15, 0.2) is 0 Å². The number of fused-ring (bicyclic) bond motifs is 1. The van der Waals surface area contributed by atoms with Gasteiger partial charge in [-0.3, -0.25) is 24.6 Å². The molecule has 1 saturated heterocycles. The van der Waals surface area contributed by atoms with Crippen LogP contribution in [-0.2, 0) is 14.4 Å². The summed E-state index contributed by atoms with van der Waals surface area (Å²) in [6.07, 6.45) is 5.11. The molecule has 0 bridgehead atoms. The Kier molecular flexibility index (Phi) is 6.96. The topological polar surface area (TPSA) is 116 Å². The Morgan fingerprint density at radius 1 is 1.27 bits per heavy atom. The molecular weight excluding hydrogens is 412 g/mol. The average Bonchev–Trinajstić information content (AvgIpc) is 2.99. The van der Waals surface area contributed by atoms with Crippen LogP contribution in [0.4, 0.5) is 5.69 Å². The first-order valence-electron chi connectivity index (χ1n) is 9.79. The number of hydrogen-bond acceptors (Lipinski definition) is 8. The van der Waals surface area contributed by atoms with Crippen molar-refractivity contribution in [3.63, 3.8) is 0 Å². The fourth-order valence-electron chi connectivity index (χ4n) is 4.11. The summed E-state index contributed by atoms with van der Waals surface area (Å²) in [5, 5.41) is 11.4. The van der Waals surface area contributed by atoms with Gasteiger partial charge in [-0.15, -0.1) is 0 Å². The Balaban J connectivity index is 1.87. The van der Waals surface area contributed by atoms with E-state index < -0.39 is 22.6 Å². The van der Waals surface area contributed by atoms with Crippen molar-refractivity contribution < 1.29 is 28.8 Å². The van der Waals surface area contributed by atoms with Crippen molar-refractivity contribution in [1.29, 1.82) is 0 Å². The van der Waals surface area contributed by atoms with Gasteiger partial charge in [-0.2, -0.15) is 11.8 Å². The van der Waals surface area contributed by atoms with Crippen LogP contribution in [0.5, 0.6) is 11.5 Å². The highest BCUT2D eigenvalue weighted by Crippen LogP contribution is 2.40. The van der Waals surface area contributed by atoms with Crippen molar-refractivity contribution in [2.24, 2.45) is 11.8 Å². The van der Waals surface area contributed by atoms with Gasteiger partial charge in [0, 0.05) is 0 Å². The summed E-state index contributed by atoms with van der Waals surface area (Å²) in [6.45, 7) is 0. The number of thioether (sulfide) groups is 1. The van der Waals surface area contributed by atoms with Gasteiger partial charge in [0.1, 0.15) is 11.8 Å². The number of nitrogens with zero attached hydrogens (tertiary/aromatic N) is 2. The minimum atomic E-state index is -1.11. The summed E-state index contributed by atoms with van der Waals surface area (Å²) >= 11 is 1.47. The van der Waals surface area contributed by atoms with Crippen LogP contribution in [0.25, 0.3) is 0 Å². The van der Waals surface area contributed by atoms with Gasteiger partial charge in [0.05, 0.1) is 29.9 Å². The molecule has 10 heteroatoms. The van der Waals surface area contributed by atoms with E-state index in [9.17, 15) is 24.5 Å². The molecule has 3 atom stereocenters. The Hall–Kier alpha value is -2.62. The minimum absolute atomic E-state index is 0.223.